The van der Waals surface area contributed by atoms with Gasteiger partial charge in [0, 0.05) is 31.4 Å². The number of alkyl halides is 3. The number of carbonyl (C=O) groups is 1. The van der Waals surface area contributed by atoms with Gasteiger partial charge in [0.05, 0.1) is 6.61 Å². The molecule has 1 fully saturated rings. The molecule has 0 aromatic heterocycles. The van der Waals surface area contributed by atoms with Crippen molar-refractivity contribution in [3.8, 4) is 0 Å². The van der Waals surface area contributed by atoms with E-state index in [0.29, 0.717) is 13.1 Å². The predicted octanol–water partition coefficient (Wildman–Crippen LogP) is 2.85. The second-order valence-electron chi connectivity index (χ2n) is 5.70. The van der Waals surface area contributed by atoms with E-state index in [4.69, 9.17) is 0 Å². The topological polar surface area (TPSA) is 53.6 Å². The summed E-state index contributed by atoms with van der Waals surface area (Å²) in [5, 5.41) is 5.98. The van der Waals surface area contributed by atoms with E-state index in [2.05, 4.69) is 15.4 Å². The average molecular weight is 345 g/mol. The first kappa shape index (κ1) is 18.4. The number of hydrogen-bond donors (Lipinski definition) is 2. The largest absolute Gasteiger partial charge is 0.411 e. The van der Waals surface area contributed by atoms with Crippen molar-refractivity contribution in [1.82, 2.24) is 10.2 Å². The van der Waals surface area contributed by atoms with Crippen molar-refractivity contribution in [2.75, 3.05) is 38.2 Å². The molecule has 1 heterocycles. The first-order valence-electron chi connectivity index (χ1n) is 7.93. The summed E-state index contributed by atoms with van der Waals surface area (Å²) in [6.45, 7) is -0.199. The number of likely N-dealkylation sites (tertiary alicyclic amines) is 1. The minimum Gasteiger partial charge on any atom is -0.381 e. The number of halogens is 3. The zero-order valence-electron chi connectivity index (χ0n) is 13.3. The Morgan fingerprint density at radius 2 is 2.04 bits per heavy atom. The number of ether oxygens (including phenoxy) is 1. The van der Waals surface area contributed by atoms with Crippen LogP contribution in [0.2, 0.25) is 0 Å². The summed E-state index contributed by atoms with van der Waals surface area (Å²) in [5.74, 6) is 0. The Labute approximate surface area is 139 Å². The molecule has 1 aromatic carbocycles. The quantitative estimate of drug-likeness (QED) is 0.780. The van der Waals surface area contributed by atoms with Gasteiger partial charge in [-0.3, -0.25) is 0 Å². The molecule has 2 amide bonds. The Kier molecular flexibility index (Phi) is 6.72. The zero-order valence-corrected chi connectivity index (χ0v) is 13.3. The molecule has 0 saturated carbocycles. The summed E-state index contributed by atoms with van der Waals surface area (Å²) in [6.07, 6.45) is -2.50. The second kappa shape index (κ2) is 8.77. The maximum Gasteiger partial charge on any atom is 0.411 e. The number of anilines is 1. The molecular formula is C16H22F3N3O2. The van der Waals surface area contributed by atoms with Crippen LogP contribution in [-0.4, -0.2) is 56.0 Å². The van der Waals surface area contributed by atoms with Gasteiger partial charge in [0.2, 0.25) is 0 Å². The van der Waals surface area contributed by atoms with Crippen molar-refractivity contribution in [2.24, 2.45) is 0 Å². The maximum atomic E-state index is 12.1. The Hall–Kier alpha value is -1.96. The molecule has 1 saturated heterocycles. The second-order valence-corrected chi connectivity index (χ2v) is 5.70. The SMILES string of the molecule is O=C(NCCOCC(F)(F)F)N1CCC[C@H](Nc2ccccc2)C1. The monoisotopic (exact) mass is 345 g/mol. The average Bonchev–Trinajstić information content (AvgIpc) is 2.54. The number of rotatable bonds is 6. The molecule has 5 nitrogen and oxygen atoms in total. The Balaban J connectivity index is 1.68. The number of benzene rings is 1. The van der Waals surface area contributed by atoms with Gasteiger partial charge in [-0.25, -0.2) is 4.79 Å². The van der Waals surface area contributed by atoms with E-state index in [1.165, 1.54) is 0 Å². The lowest BCUT2D eigenvalue weighted by Gasteiger charge is -2.33. The standard InChI is InChI=1S/C16H22F3N3O2/c17-16(18,19)12-24-10-8-20-15(23)22-9-4-7-14(11-22)21-13-5-2-1-3-6-13/h1-3,5-6,14,21H,4,7-12H2,(H,20,23)/t14-/m0/s1. The fraction of sp³-hybridized carbons (Fsp3) is 0.562. The van der Waals surface area contributed by atoms with Crippen LogP contribution in [-0.2, 0) is 4.74 Å². The summed E-state index contributed by atoms with van der Waals surface area (Å²) in [7, 11) is 0. The molecule has 0 spiro atoms. The number of amides is 2. The van der Waals surface area contributed by atoms with Crippen molar-refractivity contribution < 1.29 is 22.7 Å². The Bertz CT molecular complexity index is 511. The van der Waals surface area contributed by atoms with Gasteiger partial charge in [-0.15, -0.1) is 0 Å². The van der Waals surface area contributed by atoms with Crippen LogP contribution >= 0.6 is 0 Å². The molecule has 8 heteroatoms. The fourth-order valence-electron chi connectivity index (χ4n) is 2.58. The lowest BCUT2D eigenvalue weighted by Crippen LogP contribution is -2.49. The molecule has 0 aliphatic carbocycles. The lowest BCUT2D eigenvalue weighted by molar-refractivity contribution is -0.173. The van der Waals surface area contributed by atoms with E-state index in [1.807, 2.05) is 30.3 Å². The number of carbonyl (C=O) groups excluding carboxylic acids is 1. The first-order chi connectivity index (χ1) is 11.4. The Morgan fingerprint density at radius 3 is 2.75 bits per heavy atom. The molecule has 0 radical (unpaired) electrons. The summed E-state index contributed by atoms with van der Waals surface area (Å²) >= 11 is 0. The minimum absolute atomic E-state index is 0.0577. The van der Waals surface area contributed by atoms with Gasteiger partial charge in [-0.2, -0.15) is 13.2 Å². The van der Waals surface area contributed by atoms with Gasteiger partial charge < -0.3 is 20.3 Å². The van der Waals surface area contributed by atoms with Crippen molar-refractivity contribution in [2.45, 2.75) is 25.1 Å². The van der Waals surface area contributed by atoms with Crippen molar-refractivity contribution >= 4 is 11.7 Å². The Morgan fingerprint density at radius 1 is 1.29 bits per heavy atom. The third-order valence-electron chi connectivity index (χ3n) is 3.64. The van der Waals surface area contributed by atoms with E-state index in [1.54, 1.807) is 4.90 Å². The maximum absolute atomic E-state index is 12.1. The molecular weight excluding hydrogens is 323 g/mol. The number of para-hydroxylation sites is 1. The highest BCUT2D eigenvalue weighted by Gasteiger charge is 2.27. The third-order valence-corrected chi connectivity index (χ3v) is 3.64. The van der Waals surface area contributed by atoms with E-state index >= 15 is 0 Å². The van der Waals surface area contributed by atoms with E-state index in [0.717, 1.165) is 18.5 Å². The number of piperidine rings is 1. The fourth-order valence-corrected chi connectivity index (χ4v) is 2.58. The normalized spacial score (nSPS) is 18.3. The molecule has 0 bridgehead atoms. The first-order valence-corrected chi connectivity index (χ1v) is 7.93. The highest BCUT2D eigenvalue weighted by Crippen LogP contribution is 2.16. The number of urea groups is 1. The van der Waals surface area contributed by atoms with Gasteiger partial charge >= 0.3 is 12.2 Å². The number of nitrogens with zero attached hydrogens (tertiary/aromatic N) is 1. The van der Waals surface area contributed by atoms with Crippen molar-refractivity contribution in [3.63, 3.8) is 0 Å². The smallest absolute Gasteiger partial charge is 0.381 e. The third kappa shape index (κ3) is 6.66. The predicted molar refractivity (Wildman–Crippen MR) is 84.9 cm³/mol. The van der Waals surface area contributed by atoms with Crippen molar-refractivity contribution in [1.29, 1.82) is 0 Å². The van der Waals surface area contributed by atoms with Crippen LogP contribution in [0, 0.1) is 0 Å². The van der Waals surface area contributed by atoms with Crippen LogP contribution in [0.5, 0.6) is 0 Å². The highest BCUT2D eigenvalue weighted by atomic mass is 19.4. The van der Waals surface area contributed by atoms with Gasteiger partial charge in [-0.1, -0.05) is 18.2 Å². The van der Waals surface area contributed by atoms with E-state index < -0.39 is 12.8 Å². The molecule has 2 N–H and O–H groups in total. The zero-order chi connectivity index (χ0) is 17.4. The summed E-state index contributed by atoms with van der Waals surface area (Å²) in [4.78, 5) is 13.7. The molecule has 1 aliphatic rings. The molecule has 1 aromatic rings. The molecule has 24 heavy (non-hydrogen) atoms. The van der Waals surface area contributed by atoms with Gasteiger partial charge in [0.1, 0.15) is 6.61 Å². The van der Waals surface area contributed by atoms with Crippen LogP contribution in [0.4, 0.5) is 23.7 Å². The van der Waals surface area contributed by atoms with Gasteiger partial charge in [0.25, 0.3) is 0 Å². The summed E-state index contributed by atoms with van der Waals surface area (Å²) in [5.41, 5.74) is 1.00. The van der Waals surface area contributed by atoms with Crippen LogP contribution < -0.4 is 10.6 Å². The van der Waals surface area contributed by atoms with E-state index in [-0.39, 0.29) is 25.2 Å². The molecule has 2 rings (SSSR count). The summed E-state index contributed by atoms with van der Waals surface area (Å²) < 4.78 is 40.2. The highest BCUT2D eigenvalue weighted by molar-refractivity contribution is 5.74. The van der Waals surface area contributed by atoms with Crippen molar-refractivity contribution in [3.05, 3.63) is 30.3 Å². The van der Waals surface area contributed by atoms with Crippen LogP contribution in [0.3, 0.4) is 0 Å². The van der Waals surface area contributed by atoms with Gasteiger partial charge in [-0.05, 0) is 25.0 Å². The molecule has 1 atom stereocenters. The molecule has 134 valence electrons. The van der Waals surface area contributed by atoms with Crippen LogP contribution in [0.25, 0.3) is 0 Å². The van der Waals surface area contributed by atoms with E-state index in [9.17, 15) is 18.0 Å². The lowest BCUT2D eigenvalue weighted by atomic mass is 10.1. The van der Waals surface area contributed by atoms with Gasteiger partial charge in [0.15, 0.2) is 0 Å². The number of hydrogen-bond acceptors (Lipinski definition) is 3. The number of nitrogens with one attached hydrogen (secondary N) is 2. The minimum atomic E-state index is -4.34. The van der Waals surface area contributed by atoms with Crippen LogP contribution in [0.15, 0.2) is 30.3 Å². The summed E-state index contributed by atoms with van der Waals surface area (Å²) in [6, 6.07) is 9.65. The van der Waals surface area contributed by atoms with Crippen LogP contribution in [0.1, 0.15) is 12.8 Å². The molecule has 0 unspecified atom stereocenters. The molecule has 1 aliphatic heterocycles.